The summed E-state index contributed by atoms with van der Waals surface area (Å²) < 4.78 is 0. The Balaban J connectivity index is 1.66. The van der Waals surface area contributed by atoms with Gasteiger partial charge in [-0.05, 0) is 43.9 Å². The lowest BCUT2D eigenvalue weighted by molar-refractivity contribution is 0.0491. The lowest BCUT2D eigenvalue weighted by Crippen LogP contribution is -2.60. The van der Waals surface area contributed by atoms with Gasteiger partial charge in [-0.3, -0.25) is 4.90 Å². The highest BCUT2D eigenvalue weighted by Gasteiger charge is 2.44. The quantitative estimate of drug-likeness (QED) is 0.825. The van der Waals surface area contributed by atoms with Gasteiger partial charge in [-0.2, -0.15) is 0 Å². The summed E-state index contributed by atoms with van der Waals surface area (Å²) in [5, 5.41) is 3.78. The third-order valence-corrected chi connectivity index (χ3v) is 5.78. The molecule has 0 aromatic heterocycles. The van der Waals surface area contributed by atoms with E-state index in [4.69, 9.17) is 0 Å². The molecule has 1 saturated heterocycles. The minimum Gasteiger partial charge on any atom is -0.311 e. The Labute approximate surface area is 113 Å². The number of nitrogens with zero attached hydrogens (tertiary/aromatic N) is 1. The number of hydrogen-bond acceptors (Lipinski definition) is 2. The lowest BCUT2D eigenvalue weighted by Gasteiger charge is -2.46. The molecule has 1 aliphatic heterocycles. The SMILES string of the molecule is CCCC1CN(C2CC3CCC2C3)C(CC)CN1. The Bertz CT molecular complexity index is 278. The van der Waals surface area contributed by atoms with Crippen molar-refractivity contribution in [1.82, 2.24) is 10.2 Å². The lowest BCUT2D eigenvalue weighted by atomic mass is 9.90. The van der Waals surface area contributed by atoms with Gasteiger partial charge in [0.2, 0.25) is 0 Å². The van der Waals surface area contributed by atoms with Gasteiger partial charge in [0.15, 0.2) is 0 Å². The fraction of sp³-hybridized carbons (Fsp3) is 1.00. The Morgan fingerprint density at radius 1 is 1.17 bits per heavy atom. The van der Waals surface area contributed by atoms with Crippen LogP contribution in [0.2, 0.25) is 0 Å². The molecule has 2 bridgehead atoms. The molecule has 0 radical (unpaired) electrons. The molecule has 2 aliphatic carbocycles. The molecule has 0 amide bonds. The molecule has 5 atom stereocenters. The Morgan fingerprint density at radius 2 is 2.06 bits per heavy atom. The second kappa shape index (κ2) is 5.50. The minimum atomic E-state index is 0.761. The molecule has 1 N–H and O–H groups in total. The van der Waals surface area contributed by atoms with Crippen LogP contribution in [0, 0.1) is 11.8 Å². The summed E-state index contributed by atoms with van der Waals surface area (Å²) in [6.07, 6.45) is 10.1. The van der Waals surface area contributed by atoms with Crippen molar-refractivity contribution in [1.29, 1.82) is 0 Å². The van der Waals surface area contributed by atoms with Crippen LogP contribution in [0.15, 0.2) is 0 Å². The van der Waals surface area contributed by atoms with E-state index in [1.807, 2.05) is 0 Å². The maximum Gasteiger partial charge on any atom is 0.0221 e. The predicted octanol–water partition coefficient (Wildman–Crippen LogP) is 3.03. The van der Waals surface area contributed by atoms with Gasteiger partial charge in [-0.15, -0.1) is 0 Å². The molecule has 2 heteroatoms. The number of fused-ring (bicyclic) bond motifs is 2. The third-order valence-electron chi connectivity index (χ3n) is 5.78. The molecule has 104 valence electrons. The van der Waals surface area contributed by atoms with E-state index in [-0.39, 0.29) is 0 Å². The average Bonchev–Trinajstić information content (AvgIpc) is 3.01. The Morgan fingerprint density at radius 3 is 2.67 bits per heavy atom. The highest BCUT2D eigenvalue weighted by molar-refractivity contribution is 4.99. The maximum absolute atomic E-state index is 3.78. The van der Waals surface area contributed by atoms with E-state index in [0.29, 0.717) is 0 Å². The Kier molecular flexibility index (Phi) is 3.95. The molecular formula is C16H30N2. The van der Waals surface area contributed by atoms with Crippen LogP contribution in [0.1, 0.15) is 58.8 Å². The molecule has 0 aromatic rings. The molecule has 2 nitrogen and oxygen atoms in total. The summed E-state index contributed by atoms with van der Waals surface area (Å²) >= 11 is 0. The van der Waals surface area contributed by atoms with E-state index in [0.717, 1.165) is 30.0 Å². The first-order valence-corrected chi connectivity index (χ1v) is 8.30. The van der Waals surface area contributed by atoms with Crippen molar-refractivity contribution in [3.8, 4) is 0 Å². The molecule has 0 aromatic carbocycles. The molecule has 3 aliphatic rings. The molecule has 0 spiro atoms. The summed E-state index contributed by atoms with van der Waals surface area (Å²) in [7, 11) is 0. The van der Waals surface area contributed by atoms with Gasteiger partial charge in [-0.25, -0.2) is 0 Å². The number of hydrogen-bond donors (Lipinski definition) is 1. The summed E-state index contributed by atoms with van der Waals surface area (Å²) in [4.78, 5) is 2.92. The van der Waals surface area contributed by atoms with Crippen molar-refractivity contribution >= 4 is 0 Å². The predicted molar refractivity (Wildman–Crippen MR) is 76.7 cm³/mol. The molecule has 18 heavy (non-hydrogen) atoms. The van der Waals surface area contributed by atoms with Crippen molar-refractivity contribution in [2.75, 3.05) is 13.1 Å². The van der Waals surface area contributed by atoms with Crippen molar-refractivity contribution in [3.05, 3.63) is 0 Å². The van der Waals surface area contributed by atoms with E-state index in [2.05, 4.69) is 24.1 Å². The van der Waals surface area contributed by atoms with Crippen LogP contribution in [-0.2, 0) is 0 Å². The van der Waals surface area contributed by atoms with E-state index < -0.39 is 0 Å². The molecule has 5 unspecified atom stereocenters. The van der Waals surface area contributed by atoms with Crippen LogP contribution in [-0.4, -0.2) is 36.1 Å². The van der Waals surface area contributed by atoms with Crippen molar-refractivity contribution in [2.24, 2.45) is 11.8 Å². The minimum absolute atomic E-state index is 0.761. The molecule has 3 rings (SSSR count). The second-order valence-corrected chi connectivity index (χ2v) is 6.89. The van der Waals surface area contributed by atoms with Crippen LogP contribution in [0.3, 0.4) is 0 Å². The van der Waals surface area contributed by atoms with Gasteiger partial charge >= 0.3 is 0 Å². The van der Waals surface area contributed by atoms with Gasteiger partial charge in [0.05, 0.1) is 0 Å². The van der Waals surface area contributed by atoms with Crippen LogP contribution < -0.4 is 5.32 Å². The van der Waals surface area contributed by atoms with Gasteiger partial charge in [0.25, 0.3) is 0 Å². The standard InChI is InChI=1S/C16H30N2/c1-3-5-14-11-18(15(4-2)10-17-14)16-9-12-6-7-13(16)8-12/h12-17H,3-11H2,1-2H3. The highest BCUT2D eigenvalue weighted by Crippen LogP contribution is 2.47. The Hall–Kier alpha value is -0.0800. The fourth-order valence-electron chi connectivity index (χ4n) is 4.83. The third kappa shape index (κ3) is 2.34. The number of piperazine rings is 1. The smallest absolute Gasteiger partial charge is 0.0221 e. The molecule has 1 heterocycles. The van der Waals surface area contributed by atoms with Crippen LogP contribution in [0.25, 0.3) is 0 Å². The zero-order valence-electron chi connectivity index (χ0n) is 12.2. The monoisotopic (exact) mass is 250 g/mol. The van der Waals surface area contributed by atoms with Crippen LogP contribution in [0.4, 0.5) is 0 Å². The number of rotatable bonds is 4. The molecular weight excluding hydrogens is 220 g/mol. The summed E-state index contributed by atoms with van der Waals surface area (Å²) in [6.45, 7) is 7.23. The highest BCUT2D eigenvalue weighted by atomic mass is 15.3. The van der Waals surface area contributed by atoms with E-state index >= 15 is 0 Å². The normalized spacial score (nSPS) is 44.7. The summed E-state index contributed by atoms with van der Waals surface area (Å²) in [5.41, 5.74) is 0. The largest absolute Gasteiger partial charge is 0.311 e. The maximum atomic E-state index is 3.78. The van der Waals surface area contributed by atoms with Crippen LogP contribution >= 0.6 is 0 Å². The molecule has 3 fully saturated rings. The topological polar surface area (TPSA) is 15.3 Å². The number of nitrogens with one attached hydrogen (secondary N) is 1. The molecule has 2 saturated carbocycles. The van der Waals surface area contributed by atoms with Gasteiger partial charge in [-0.1, -0.05) is 26.7 Å². The van der Waals surface area contributed by atoms with Gasteiger partial charge in [0.1, 0.15) is 0 Å². The summed E-state index contributed by atoms with van der Waals surface area (Å²) in [5.74, 6) is 2.13. The van der Waals surface area contributed by atoms with Crippen molar-refractivity contribution in [2.45, 2.75) is 76.9 Å². The average molecular weight is 250 g/mol. The first-order chi connectivity index (χ1) is 8.81. The van der Waals surface area contributed by atoms with E-state index in [1.54, 1.807) is 6.42 Å². The van der Waals surface area contributed by atoms with Gasteiger partial charge < -0.3 is 5.32 Å². The summed E-state index contributed by atoms with van der Waals surface area (Å²) in [6, 6.07) is 2.51. The van der Waals surface area contributed by atoms with Gasteiger partial charge in [0, 0.05) is 31.2 Å². The van der Waals surface area contributed by atoms with E-state index in [9.17, 15) is 0 Å². The first kappa shape index (κ1) is 12.9. The van der Waals surface area contributed by atoms with E-state index in [1.165, 1.54) is 51.6 Å². The fourth-order valence-corrected chi connectivity index (χ4v) is 4.83. The zero-order chi connectivity index (χ0) is 12.5. The van der Waals surface area contributed by atoms with Crippen molar-refractivity contribution < 1.29 is 0 Å². The van der Waals surface area contributed by atoms with Crippen LogP contribution in [0.5, 0.6) is 0 Å². The van der Waals surface area contributed by atoms with Crippen molar-refractivity contribution in [3.63, 3.8) is 0 Å². The second-order valence-electron chi connectivity index (χ2n) is 6.89. The first-order valence-electron chi connectivity index (χ1n) is 8.30. The zero-order valence-corrected chi connectivity index (χ0v) is 12.2.